The van der Waals surface area contributed by atoms with Crippen LogP contribution in [0.5, 0.6) is 0 Å². The highest BCUT2D eigenvalue weighted by Gasteiger charge is 2.33. The van der Waals surface area contributed by atoms with Crippen molar-refractivity contribution in [2.75, 3.05) is 0 Å². The maximum Gasteiger partial charge on any atom is 0.294 e. The van der Waals surface area contributed by atoms with E-state index in [2.05, 4.69) is 5.32 Å². The zero-order chi connectivity index (χ0) is 9.30. The second-order valence-corrected chi connectivity index (χ2v) is 3.20. The molecule has 1 aliphatic heterocycles. The van der Waals surface area contributed by atoms with E-state index in [4.69, 9.17) is 3.07 Å². The topological polar surface area (TPSA) is 55.4 Å². The molecule has 1 aliphatic rings. The standard InChI is InChI=1S/C7H8INO3/c1-3(2)4-5(12-8)7(11)9-6(4)10/h3H,1-2H3,(H,9,10,11). The number of nitrogens with one attached hydrogen (secondary N) is 1. The van der Waals surface area contributed by atoms with Gasteiger partial charge >= 0.3 is 0 Å². The molecule has 0 aromatic carbocycles. The molecule has 0 saturated carbocycles. The number of amides is 2. The van der Waals surface area contributed by atoms with E-state index in [-0.39, 0.29) is 17.6 Å². The van der Waals surface area contributed by atoms with Gasteiger partial charge in [0, 0.05) is 0 Å². The van der Waals surface area contributed by atoms with Gasteiger partial charge in [0.25, 0.3) is 11.8 Å². The van der Waals surface area contributed by atoms with Crippen molar-refractivity contribution in [1.29, 1.82) is 0 Å². The van der Waals surface area contributed by atoms with Gasteiger partial charge in [-0.2, -0.15) is 0 Å². The van der Waals surface area contributed by atoms with Crippen molar-refractivity contribution in [3.63, 3.8) is 0 Å². The van der Waals surface area contributed by atoms with Crippen molar-refractivity contribution in [3.8, 4) is 0 Å². The molecule has 12 heavy (non-hydrogen) atoms. The van der Waals surface area contributed by atoms with E-state index in [1.807, 2.05) is 13.8 Å². The Morgan fingerprint density at radius 1 is 1.33 bits per heavy atom. The fourth-order valence-electron chi connectivity index (χ4n) is 1.05. The summed E-state index contributed by atoms with van der Waals surface area (Å²) >= 11 is 1.59. The Bertz CT molecular complexity index is 270. The van der Waals surface area contributed by atoms with Crippen LogP contribution in [0, 0.1) is 5.92 Å². The fourth-order valence-corrected chi connectivity index (χ4v) is 1.49. The molecule has 0 saturated heterocycles. The molecule has 4 nitrogen and oxygen atoms in total. The van der Waals surface area contributed by atoms with E-state index in [9.17, 15) is 9.59 Å². The van der Waals surface area contributed by atoms with E-state index < -0.39 is 5.91 Å². The van der Waals surface area contributed by atoms with Gasteiger partial charge in [0.2, 0.25) is 5.76 Å². The van der Waals surface area contributed by atoms with Crippen molar-refractivity contribution in [2.45, 2.75) is 13.8 Å². The molecule has 0 unspecified atom stereocenters. The van der Waals surface area contributed by atoms with Crippen LogP contribution in [0.4, 0.5) is 0 Å². The summed E-state index contributed by atoms with van der Waals surface area (Å²) < 4.78 is 4.78. The van der Waals surface area contributed by atoms with Crippen LogP contribution in [0.1, 0.15) is 13.8 Å². The SMILES string of the molecule is CC(C)C1=C(OI)C(=O)NC1=O. The molecule has 66 valence electrons. The summed E-state index contributed by atoms with van der Waals surface area (Å²) in [5, 5.41) is 2.17. The zero-order valence-electron chi connectivity index (χ0n) is 6.68. The number of imide groups is 1. The van der Waals surface area contributed by atoms with Gasteiger partial charge in [-0.05, 0) is 5.92 Å². The first-order valence-corrected chi connectivity index (χ1v) is 4.34. The van der Waals surface area contributed by atoms with Crippen molar-refractivity contribution in [1.82, 2.24) is 5.32 Å². The van der Waals surface area contributed by atoms with Gasteiger partial charge in [0.15, 0.2) is 23.0 Å². The van der Waals surface area contributed by atoms with E-state index in [1.54, 1.807) is 23.0 Å². The number of carbonyl (C=O) groups is 2. The Morgan fingerprint density at radius 3 is 2.25 bits per heavy atom. The monoisotopic (exact) mass is 281 g/mol. The lowest BCUT2D eigenvalue weighted by Gasteiger charge is -2.03. The van der Waals surface area contributed by atoms with Gasteiger partial charge in [0.1, 0.15) is 0 Å². The van der Waals surface area contributed by atoms with E-state index in [0.717, 1.165) is 0 Å². The molecular formula is C7H8INO3. The second-order valence-electron chi connectivity index (χ2n) is 2.76. The van der Waals surface area contributed by atoms with Crippen LogP contribution in [-0.2, 0) is 12.7 Å². The van der Waals surface area contributed by atoms with Crippen LogP contribution < -0.4 is 5.32 Å². The number of carbonyl (C=O) groups excluding carboxylic acids is 2. The van der Waals surface area contributed by atoms with E-state index in [0.29, 0.717) is 5.57 Å². The molecule has 0 fully saturated rings. The van der Waals surface area contributed by atoms with Gasteiger partial charge < -0.3 is 3.07 Å². The Balaban J connectivity index is 3.09. The van der Waals surface area contributed by atoms with Crippen LogP contribution in [0.2, 0.25) is 0 Å². The summed E-state index contributed by atoms with van der Waals surface area (Å²) in [4.78, 5) is 22.1. The third-order valence-corrected chi connectivity index (χ3v) is 2.02. The summed E-state index contributed by atoms with van der Waals surface area (Å²) in [5.41, 5.74) is 0.425. The van der Waals surface area contributed by atoms with Crippen LogP contribution in [0.25, 0.3) is 0 Å². The normalized spacial score (nSPS) is 17.3. The summed E-state index contributed by atoms with van der Waals surface area (Å²) in [6.07, 6.45) is 0. The molecular weight excluding hydrogens is 273 g/mol. The Kier molecular flexibility index (Phi) is 2.71. The molecule has 0 bridgehead atoms. The Labute approximate surface area is 84.0 Å². The van der Waals surface area contributed by atoms with Gasteiger partial charge in [0.05, 0.1) is 5.57 Å². The molecule has 2 amide bonds. The fraction of sp³-hybridized carbons (Fsp3) is 0.429. The van der Waals surface area contributed by atoms with Crippen LogP contribution >= 0.6 is 23.0 Å². The molecule has 0 radical (unpaired) electrons. The second kappa shape index (κ2) is 3.42. The van der Waals surface area contributed by atoms with Crippen molar-refractivity contribution < 1.29 is 12.7 Å². The molecule has 0 aromatic heterocycles. The maximum absolute atomic E-state index is 11.1. The quantitative estimate of drug-likeness (QED) is 0.605. The summed E-state index contributed by atoms with van der Waals surface area (Å²) in [7, 11) is 0. The third-order valence-electron chi connectivity index (χ3n) is 1.58. The number of hydrogen-bond acceptors (Lipinski definition) is 3. The first-order chi connectivity index (χ1) is 5.57. The minimum absolute atomic E-state index is 0.00113. The number of rotatable bonds is 2. The molecule has 5 heteroatoms. The summed E-state index contributed by atoms with van der Waals surface area (Å²) in [6.45, 7) is 3.67. The lowest BCUT2D eigenvalue weighted by molar-refractivity contribution is -0.124. The third kappa shape index (κ3) is 1.45. The van der Waals surface area contributed by atoms with Crippen molar-refractivity contribution in [3.05, 3.63) is 11.3 Å². The number of hydrogen-bond donors (Lipinski definition) is 1. The van der Waals surface area contributed by atoms with E-state index >= 15 is 0 Å². The highest BCUT2D eigenvalue weighted by atomic mass is 127. The molecule has 1 N–H and O–H groups in total. The van der Waals surface area contributed by atoms with Crippen LogP contribution in [0.15, 0.2) is 11.3 Å². The molecule has 1 rings (SSSR count). The summed E-state index contributed by atoms with van der Waals surface area (Å²) in [6, 6.07) is 0. The predicted molar refractivity (Wildman–Crippen MR) is 50.1 cm³/mol. The highest BCUT2D eigenvalue weighted by molar-refractivity contribution is 14.1. The highest BCUT2D eigenvalue weighted by Crippen LogP contribution is 2.22. The summed E-state index contributed by atoms with van der Waals surface area (Å²) in [5.74, 6) is -0.656. The van der Waals surface area contributed by atoms with Crippen molar-refractivity contribution >= 4 is 34.8 Å². The van der Waals surface area contributed by atoms with E-state index in [1.165, 1.54) is 0 Å². The first kappa shape index (κ1) is 9.50. The van der Waals surface area contributed by atoms with Gasteiger partial charge in [-0.3, -0.25) is 14.9 Å². The van der Waals surface area contributed by atoms with Crippen molar-refractivity contribution in [2.24, 2.45) is 5.92 Å². The Hall–Kier alpha value is -0.590. The lowest BCUT2D eigenvalue weighted by atomic mass is 10.0. The predicted octanol–water partition coefficient (Wildman–Crippen LogP) is 0.919. The Morgan fingerprint density at radius 2 is 1.92 bits per heavy atom. The molecule has 0 aliphatic carbocycles. The molecule has 0 aromatic rings. The van der Waals surface area contributed by atoms with Gasteiger partial charge in [-0.25, -0.2) is 0 Å². The average Bonchev–Trinajstić information content (AvgIpc) is 2.24. The van der Waals surface area contributed by atoms with Crippen LogP contribution in [-0.4, -0.2) is 11.8 Å². The van der Waals surface area contributed by atoms with Crippen LogP contribution in [0.3, 0.4) is 0 Å². The molecule has 0 atom stereocenters. The lowest BCUT2D eigenvalue weighted by Crippen LogP contribution is -2.24. The van der Waals surface area contributed by atoms with Gasteiger partial charge in [-0.15, -0.1) is 0 Å². The smallest absolute Gasteiger partial charge is 0.294 e. The maximum atomic E-state index is 11.1. The minimum Gasteiger partial charge on any atom is -0.421 e. The molecule has 1 heterocycles. The van der Waals surface area contributed by atoms with Gasteiger partial charge in [-0.1, -0.05) is 13.8 Å². The first-order valence-electron chi connectivity index (χ1n) is 3.46. The molecule has 0 spiro atoms. The average molecular weight is 281 g/mol. The minimum atomic E-state index is -0.446. The largest absolute Gasteiger partial charge is 0.421 e. The number of halogens is 1. The zero-order valence-corrected chi connectivity index (χ0v) is 8.84.